The normalized spacial score (nSPS) is 31.2. The molecule has 1 aromatic rings. The highest BCUT2D eigenvalue weighted by Gasteiger charge is 2.79. The van der Waals surface area contributed by atoms with Crippen LogP contribution in [0.2, 0.25) is 5.02 Å². The Hall–Kier alpha value is -2.68. The number of likely N-dealkylation sites (tertiary alicyclic amines) is 1. The zero-order valence-corrected chi connectivity index (χ0v) is 21.4. The average molecular weight is 517 g/mol. The van der Waals surface area contributed by atoms with Crippen LogP contribution < -0.4 is 4.90 Å². The third kappa shape index (κ3) is 3.86. The van der Waals surface area contributed by atoms with Crippen molar-refractivity contribution in [3.8, 4) is 0 Å². The van der Waals surface area contributed by atoms with Crippen LogP contribution in [0.15, 0.2) is 49.6 Å². The number of aliphatic hydroxyl groups is 1. The van der Waals surface area contributed by atoms with Gasteiger partial charge < -0.3 is 24.4 Å². The molecule has 1 N–H and O–H groups in total. The van der Waals surface area contributed by atoms with Crippen LogP contribution in [0.4, 0.5) is 5.69 Å². The van der Waals surface area contributed by atoms with Gasteiger partial charge in [-0.3, -0.25) is 14.4 Å². The number of nitrogens with zero attached hydrogens (tertiary/aromatic N) is 2. The van der Waals surface area contributed by atoms with Crippen LogP contribution in [-0.4, -0.2) is 70.8 Å². The lowest BCUT2D eigenvalue weighted by Gasteiger charge is -2.39. The van der Waals surface area contributed by atoms with Crippen molar-refractivity contribution in [3.63, 3.8) is 0 Å². The molecule has 194 valence electrons. The number of rotatable bonds is 10. The minimum Gasteiger partial charge on any atom is -0.461 e. The van der Waals surface area contributed by atoms with E-state index in [0.717, 1.165) is 0 Å². The summed E-state index contributed by atoms with van der Waals surface area (Å²) in [6, 6.07) is 5.28. The Morgan fingerprint density at radius 1 is 1.33 bits per heavy atom. The van der Waals surface area contributed by atoms with Crippen molar-refractivity contribution in [3.05, 3.63) is 54.6 Å². The van der Waals surface area contributed by atoms with Crippen molar-refractivity contribution in [1.82, 2.24) is 4.90 Å². The molecule has 8 nitrogen and oxygen atoms in total. The first-order valence-electron chi connectivity index (χ1n) is 12.3. The van der Waals surface area contributed by atoms with E-state index in [1.54, 1.807) is 37.3 Å². The first kappa shape index (κ1) is 26.4. The molecule has 0 radical (unpaired) electrons. The van der Waals surface area contributed by atoms with E-state index in [2.05, 4.69) is 13.2 Å². The summed E-state index contributed by atoms with van der Waals surface area (Å²) in [4.78, 5) is 44.6. The van der Waals surface area contributed by atoms with Crippen LogP contribution in [0.5, 0.6) is 0 Å². The Morgan fingerprint density at radius 2 is 2.06 bits per heavy atom. The number of fused-ring (bicyclic) bond motifs is 1. The Kier molecular flexibility index (Phi) is 7.33. The van der Waals surface area contributed by atoms with Gasteiger partial charge in [-0.25, -0.2) is 0 Å². The Balaban J connectivity index is 1.84. The van der Waals surface area contributed by atoms with E-state index in [1.165, 1.54) is 15.9 Å². The van der Waals surface area contributed by atoms with Crippen LogP contribution in [0.1, 0.15) is 33.1 Å². The lowest BCUT2D eigenvalue weighted by atomic mass is 9.66. The van der Waals surface area contributed by atoms with E-state index >= 15 is 0 Å². The number of amides is 2. The molecule has 2 amide bonds. The first-order chi connectivity index (χ1) is 17.2. The molecule has 2 unspecified atom stereocenters. The molecule has 36 heavy (non-hydrogen) atoms. The molecule has 1 aromatic carbocycles. The fourth-order valence-electron chi connectivity index (χ4n) is 6.29. The molecule has 3 aliphatic rings. The summed E-state index contributed by atoms with van der Waals surface area (Å²) in [6.07, 6.45) is 4.39. The van der Waals surface area contributed by atoms with Crippen LogP contribution in [-0.2, 0) is 23.9 Å². The van der Waals surface area contributed by atoms with Crippen LogP contribution in [0.25, 0.3) is 0 Å². The van der Waals surface area contributed by atoms with Gasteiger partial charge in [-0.05, 0) is 38.3 Å². The van der Waals surface area contributed by atoms with Gasteiger partial charge in [0.1, 0.15) is 24.2 Å². The summed E-state index contributed by atoms with van der Waals surface area (Å²) in [5, 5.41) is 10.6. The quantitative estimate of drug-likeness (QED) is 0.379. The molecule has 2 bridgehead atoms. The maximum absolute atomic E-state index is 14.4. The van der Waals surface area contributed by atoms with Gasteiger partial charge in [-0.15, -0.1) is 6.58 Å². The van der Waals surface area contributed by atoms with E-state index in [0.29, 0.717) is 30.0 Å². The summed E-state index contributed by atoms with van der Waals surface area (Å²) < 4.78 is 12.0. The molecule has 1 spiro atoms. The second kappa shape index (κ2) is 10.00. The zero-order chi connectivity index (χ0) is 26.3. The van der Waals surface area contributed by atoms with E-state index < -0.39 is 47.0 Å². The molecule has 0 saturated carbocycles. The van der Waals surface area contributed by atoms with Crippen molar-refractivity contribution < 1.29 is 29.0 Å². The minimum atomic E-state index is -1.23. The average Bonchev–Trinajstić information content (AvgIpc) is 3.43. The maximum atomic E-state index is 14.4. The van der Waals surface area contributed by atoms with E-state index in [4.69, 9.17) is 21.1 Å². The van der Waals surface area contributed by atoms with Crippen molar-refractivity contribution in [2.75, 3.05) is 24.7 Å². The van der Waals surface area contributed by atoms with Gasteiger partial charge in [0.15, 0.2) is 0 Å². The SMILES string of the molecule is C=CCOC(=O)[C@@H]1[C@H]2C(=O)N([C@@H](CC)CO)C(C(=O)N(CC=C)c3ccccc3Cl)C23CC[C@@]1(C)O3. The molecule has 3 saturated heterocycles. The number of halogens is 1. The highest BCUT2D eigenvalue weighted by molar-refractivity contribution is 6.34. The molecule has 9 heteroatoms. The summed E-state index contributed by atoms with van der Waals surface area (Å²) in [7, 11) is 0. The molecule has 3 fully saturated rings. The highest BCUT2D eigenvalue weighted by Crippen LogP contribution is 2.63. The fraction of sp³-hybridized carbons (Fsp3) is 0.519. The topological polar surface area (TPSA) is 96.4 Å². The Labute approximate surface area is 216 Å². The Bertz CT molecular complexity index is 1070. The zero-order valence-electron chi connectivity index (χ0n) is 20.7. The van der Waals surface area contributed by atoms with Crippen LogP contribution in [0.3, 0.4) is 0 Å². The first-order valence-corrected chi connectivity index (χ1v) is 12.7. The van der Waals surface area contributed by atoms with Crippen LogP contribution in [0, 0.1) is 11.8 Å². The molecular formula is C27H33ClN2O6. The number of benzene rings is 1. The number of esters is 1. The van der Waals surface area contributed by atoms with Gasteiger partial charge in [-0.1, -0.05) is 49.4 Å². The standard InChI is InChI=1S/C27H33ClN2O6/c1-5-14-29(19-11-9-8-10-18(19)28)24(33)22-27-13-12-26(4,36-27)21(25(34)35-15-6-2)20(27)23(32)30(22)17(7-3)16-31/h5-6,8-11,17,20-22,31H,1-2,7,12-16H2,3-4H3/t17-,20-,21-,22?,26+,27?/m0/s1. The lowest BCUT2D eigenvalue weighted by Crippen LogP contribution is -2.59. The second-order valence-electron chi connectivity index (χ2n) is 9.83. The van der Waals surface area contributed by atoms with Crippen molar-refractivity contribution in [2.24, 2.45) is 11.8 Å². The number of hydrogen-bond acceptors (Lipinski definition) is 6. The molecule has 3 heterocycles. The molecule has 0 aromatic heterocycles. The second-order valence-corrected chi connectivity index (χ2v) is 10.2. The maximum Gasteiger partial charge on any atom is 0.313 e. The highest BCUT2D eigenvalue weighted by atomic mass is 35.5. The summed E-state index contributed by atoms with van der Waals surface area (Å²) >= 11 is 6.46. The summed E-state index contributed by atoms with van der Waals surface area (Å²) in [5.41, 5.74) is -1.70. The number of hydrogen-bond donors (Lipinski definition) is 1. The molecule has 3 aliphatic heterocycles. The molecule has 6 atom stereocenters. The minimum absolute atomic E-state index is 0.0131. The molecule has 0 aliphatic carbocycles. The largest absolute Gasteiger partial charge is 0.461 e. The lowest BCUT2D eigenvalue weighted by molar-refractivity contribution is -0.159. The smallest absolute Gasteiger partial charge is 0.313 e. The number of aliphatic hydroxyl groups excluding tert-OH is 1. The van der Waals surface area contributed by atoms with Gasteiger partial charge in [0, 0.05) is 6.54 Å². The number of carbonyl (C=O) groups is 3. The third-order valence-electron chi connectivity index (χ3n) is 7.84. The van der Waals surface area contributed by atoms with Gasteiger partial charge in [0.05, 0.1) is 34.9 Å². The third-order valence-corrected chi connectivity index (χ3v) is 8.16. The van der Waals surface area contributed by atoms with Gasteiger partial charge in [-0.2, -0.15) is 0 Å². The fourth-order valence-corrected chi connectivity index (χ4v) is 6.53. The molecule has 4 rings (SSSR count). The van der Waals surface area contributed by atoms with E-state index in [1.807, 2.05) is 6.92 Å². The van der Waals surface area contributed by atoms with Crippen molar-refractivity contribution in [2.45, 2.75) is 56.4 Å². The predicted molar refractivity (Wildman–Crippen MR) is 135 cm³/mol. The van der Waals surface area contributed by atoms with Gasteiger partial charge in [0.2, 0.25) is 5.91 Å². The summed E-state index contributed by atoms with van der Waals surface area (Å²) in [5.74, 6) is -3.09. The van der Waals surface area contributed by atoms with Crippen molar-refractivity contribution in [1.29, 1.82) is 0 Å². The summed E-state index contributed by atoms with van der Waals surface area (Å²) in [6.45, 7) is 10.9. The van der Waals surface area contributed by atoms with Crippen molar-refractivity contribution >= 4 is 35.1 Å². The predicted octanol–water partition coefficient (Wildman–Crippen LogP) is 3.12. The Morgan fingerprint density at radius 3 is 2.67 bits per heavy atom. The van der Waals surface area contributed by atoms with Gasteiger partial charge in [0.25, 0.3) is 5.91 Å². The van der Waals surface area contributed by atoms with Gasteiger partial charge >= 0.3 is 5.97 Å². The molecular weight excluding hydrogens is 484 g/mol. The van der Waals surface area contributed by atoms with E-state index in [9.17, 15) is 19.5 Å². The number of ether oxygens (including phenoxy) is 2. The number of anilines is 1. The monoisotopic (exact) mass is 516 g/mol. The number of para-hydroxylation sites is 1. The number of carbonyl (C=O) groups excluding carboxylic acids is 3. The van der Waals surface area contributed by atoms with Crippen LogP contribution >= 0.6 is 11.6 Å². The van der Waals surface area contributed by atoms with E-state index in [-0.39, 0.29) is 25.7 Å².